The lowest BCUT2D eigenvalue weighted by Gasteiger charge is -2.19. The molecule has 162 valence electrons. The average Bonchev–Trinajstić information content (AvgIpc) is 2.71. The Hall–Kier alpha value is -2.72. The van der Waals surface area contributed by atoms with Crippen LogP contribution in [-0.4, -0.2) is 51.6 Å². The van der Waals surface area contributed by atoms with Crippen LogP contribution in [0.4, 0.5) is 11.4 Å². The van der Waals surface area contributed by atoms with Crippen LogP contribution in [-0.2, 0) is 14.8 Å². The summed E-state index contributed by atoms with van der Waals surface area (Å²) in [7, 11) is -1.90. The van der Waals surface area contributed by atoms with E-state index in [0.717, 1.165) is 6.26 Å². The molecule has 0 saturated carbocycles. The number of sulfonamides is 1. The summed E-state index contributed by atoms with van der Waals surface area (Å²) in [4.78, 5) is 25.5. The van der Waals surface area contributed by atoms with E-state index in [2.05, 4.69) is 15.4 Å². The Balaban J connectivity index is 2.10. The molecule has 2 aromatic rings. The second kappa shape index (κ2) is 10.9. The molecule has 30 heavy (non-hydrogen) atoms. The standard InChI is InChI=1S/C20H25N3O5S2/c1-28-18-7-5-4-6-16(18)19(24)22-17(12-13-29-2)20(25)21-14-8-10-15(11-9-14)23-30(3,26)27/h4-11,17,23H,12-13H2,1-3H3,(H,21,25)(H,22,24)/t17-/m0/s1. The molecule has 0 aliphatic carbocycles. The zero-order valence-corrected chi connectivity index (χ0v) is 18.6. The van der Waals surface area contributed by atoms with Crippen LogP contribution in [0.15, 0.2) is 48.5 Å². The first-order valence-corrected chi connectivity index (χ1v) is 12.3. The first-order chi connectivity index (χ1) is 14.2. The van der Waals surface area contributed by atoms with E-state index in [-0.39, 0.29) is 5.91 Å². The third kappa shape index (κ3) is 7.27. The van der Waals surface area contributed by atoms with Crippen LogP contribution in [0.3, 0.4) is 0 Å². The molecule has 0 unspecified atom stereocenters. The van der Waals surface area contributed by atoms with Crippen molar-refractivity contribution < 1.29 is 22.7 Å². The lowest BCUT2D eigenvalue weighted by molar-refractivity contribution is -0.118. The predicted molar refractivity (Wildman–Crippen MR) is 121 cm³/mol. The number of methoxy groups -OCH3 is 1. The molecule has 0 heterocycles. The Labute approximate surface area is 180 Å². The maximum atomic E-state index is 12.8. The van der Waals surface area contributed by atoms with Gasteiger partial charge in [-0.15, -0.1) is 0 Å². The van der Waals surface area contributed by atoms with Crippen molar-refractivity contribution in [3.63, 3.8) is 0 Å². The van der Waals surface area contributed by atoms with E-state index in [1.54, 1.807) is 60.3 Å². The van der Waals surface area contributed by atoms with Crippen molar-refractivity contribution in [3.05, 3.63) is 54.1 Å². The second-order valence-electron chi connectivity index (χ2n) is 6.45. The molecule has 0 saturated heterocycles. The lowest BCUT2D eigenvalue weighted by atomic mass is 10.1. The number of para-hydroxylation sites is 1. The van der Waals surface area contributed by atoms with E-state index >= 15 is 0 Å². The molecule has 2 amide bonds. The van der Waals surface area contributed by atoms with E-state index < -0.39 is 22.0 Å². The topological polar surface area (TPSA) is 114 Å². The van der Waals surface area contributed by atoms with Gasteiger partial charge in [-0.3, -0.25) is 14.3 Å². The smallest absolute Gasteiger partial charge is 0.255 e. The number of thioether (sulfide) groups is 1. The Morgan fingerprint density at radius 1 is 1.07 bits per heavy atom. The highest BCUT2D eigenvalue weighted by Crippen LogP contribution is 2.18. The van der Waals surface area contributed by atoms with Gasteiger partial charge in [-0.2, -0.15) is 11.8 Å². The normalized spacial score (nSPS) is 12.0. The number of anilines is 2. The summed E-state index contributed by atoms with van der Waals surface area (Å²) in [6, 6.07) is 12.3. The molecule has 0 radical (unpaired) electrons. The van der Waals surface area contributed by atoms with Crippen molar-refractivity contribution in [3.8, 4) is 5.75 Å². The fourth-order valence-corrected chi connectivity index (χ4v) is 3.67. The number of nitrogens with one attached hydrogen (secondary N) is 3. The van der Waals surface area contributed by atoms with Gasteiger partial charge in [0.1, 0.15) is 11.8 Å². The Kier molecular flexibility index (Phi) is 8.55. The molecule has 0 fully saturated rings. The number of benzene rings is 2. The average molecular weight is 452 g/mol. The molecule has 0 aliphatic heterocycles. The van der Waals surface area contributed by atoms with Crippen LogP contribution in [0, 0.1) is 0 Å². The summed E-state index contributed by atoms with van der Waals surface area (Å²) < 4.78 is 30.1. The molecule has 8 nitrogen and oxygen atoms in total. The fourth-order valence-electron chi connectivity index (χ4n) is 2.64. The molecule has 2 rings (SSSR count). The summed E-state index contributed by atoms with van der Waals surface area (Å²) >= 11 is 1.57. The van der Waals surface area contributed by atoms with E-state index in [0.29, 0.717) is 34.9 Å². The zero-order valence-electron chi connectivity index (χ0n) is 17.0. The Bertz CT molecular complexity index is 978. The van der Waals surface area contributed by atoms with Crippen molar-refractivity contribution in [1.82, 2.24) is 5.32 Å². The maximum Gasteiger partial charge on any atom is 0.255 e. The molecule has 0 aromatic heterocycles. The summed E-state index contributed by atoms with van der Waals surface area (Å²) in [6.45, 7) is 0. The van der Waals surface area contributed by atoms with E-state index in [1.807, 2.05) is 6.26 Å². The van der Waals surface area contributed by atoms with E-state index in [1.165, 1.54) is 7.11 Å². The van der Waals surface area contributed by atoms with Gasteiger partial charge in [-0.05, 0) is 54.8 Å². The van der Waals surface area contributed by atoms with Gasteiger partial charge in [-0.1, -0.05) is 12.1 Å². The number of rotatable bonds is 10. The number of carbonyl (C=O) groups is 2. The molecule has 0 bridgehead atoms. The van der Waals surface area contributed by atoms with Gasteiger partial charge < -0.3 is 15.4 Å². The highest BCUT2D eigenvalue weighted by atomic mass is 32.2. The van der Waals surface area contributed by atoms with Gasteiger partial charge in [-0.25, -0.2) is 8.42 Å². The van der Waals surface area contributed by atoms with Crippen LogP contribution >= 0.6 is 11.8 Å². The van der Waals surface area contributed by atoms with Gasteiger partial charge in [0.25, 0.3) is 5.91 Å². The zero-order chi connectivity index (χ0) is 22.1. The van der Waals surface area contributed by atoms with Crippen molar-refractivity contribution in [2.45, 2.75) is 12.5 Å². The molecule has 3 N–H and O–H groups in total. The summed E-state index contributed by atoms with van der Waals surface area (Å²) in [6.07, 6.45) is 3.43. The minimum absolute atomic E-state index is 0.346. The van der Waals surface area contributed by atoms with Crippen LogP contribution in [0.25, 0.3) is 0 Å². The van der Waals surface area contributed by atoms with Crippen molar-refractivity contribution >= 4 is 45.0 Å². The second-order valence-corrected chi connectivity index (χ2v) is 9.18. The number of hydrogen-bond acceptors (Lipinski definition) is 6. The van der Waals surface area contributed by atoms with Gasteiger partial charge in [0.2, 0.25) is 15.9 Å². The molecule has 0 aliphatic rings. The lowest BCUT2D eigenvalue weighted by Crippen LogP contribution is -2.44. The van der Waals surface area contributed by atoms with Gasteiger partial charge >= 0.3 is 0 Å². The van der Waals surface area contributed by atoms with E-state index in [9.17, 15) is 18.0 Å². The van der Waals surface area contributed by atoms with Crippen molar-refractivity contribution in [1.29, 1.82) is 0 Å². The summed E-state index contributed by atoms with van der Waals surface area (Å²) in [5, 5.41) is 5.52. The monoisotopic (exact) mass is 451 g/mol. The number of carbonyl (C=O) groups excluding carboxylic acids is 2. The van der Waals surface area contributed by atoms with Crippen LogP contribution in [0.5, 0.6) is 5.75 Å². The Morgan fingerprint density at radius 2 is 1.70 bits per heavy atom. The molecule has 10 heteroatoms. The summed E-state index contributed by atoms with van der Waals surface area (Å²) in [5.41, 5.74) is 1.22. The number of ether oxygens (including phenoxy) is 1. The number of amides is 2. The highest BCUT2D eigenvalue weighted by molar-refractivity contribution is 7.98. The van der Waals surface area contributed by atoms with Gasteiger partial charge in [0.15, 0.2) is 0 Å². The number of hydrogen-bond donors (Lipinski definition) is 3. The van der Waals surface area contributed by atoms with Crippen molar-refractivity contribution in [2.24, 2.45) is 0 Å². The molecular weight excluding hydrogens is 426 g/mol. The minimum Gasteiger partial charge on any atom is -0.496 e. The quantitative estimate of drug-likeness (QED) is 0.512. The van der Waals surface area contributed by atoms with Gasteiger partial charge in [0.05, 0.1) is 18.9 Å². The first kappa shape index (κ1) is 23.6. The van der Waals surface area contributed by atoms with Gasteiger partial charge in [0, 0.05) is 11.4 Å². The summed E-state index contributed by atoms with van der Waals surface area (Å²) in [5.74, 6) is 0.340. The van der Waals surface area contributed by atoms with Crippen LogP contribution in [0.1, 0.15) is 16.8 Å². The largest absolute Gasteiger partial charge is 0.496 e. The molecule has 0 spiro atoms. The maximum absolute atomic E-state index is 12.8. The van der Waals surface area contributed by atoms with Crippen LogP contribution < -0.4 is 20.1 Å². The van der Waals surface area contributed by atoms with E-state index in [4.69, 9.17) is 4.74 Å². The molecular formula is C20H25N3O5S2. The third-order valence-corrected chi connectivity index (χ3v) is 5.29. The van der Waals surface area contributed by atoms with Crippen molar-refractivity contribution in [2.75, 3.05) is 35.4 Å². The Morgan fingerprint density at radius 3 is 2.30 bits per heavy atom. The highest BCUT2D eigenvalue weighted by Gasteiger charge is 2.22. The first-order valence-electron chi connectivity index (χ1n) is 9.05. The third-order valence-electron chi connectivity index (χ3n) is 4.04. The fraction of sp³-hybridized carbons (Fsp3) is 0.300. The predicted octanol–water partition coefficient (Wildman–Crippen LogP) is 2.56. The molecule has 2 aromatic carbocycles. The SMILES string of the molecule is COc1ccccc1C(=O)N[C@@H](CCSC)C(=O)Nc1ccc(NS(C)(=O)=O)cc1. The molecule has 1 atom stereocenters. The van der Waals surface area contributed by atoms with Crippen LogP contribution in [0.2, 0.25) is 0 Å². The minimum atomic E-state index is -3.38.